The maximum Gasteiger partial charge on any atom is 0.193 e. The number of benzene rings is 1. The Hall–Kier alpha value is -0.730. The van der Waals surface area contributed by atoms with Crippen molar-refractivity contribution >= 4 is 27.5 Å². The summed E-state index contributed by atoms with van der Waals surface area (Å²) >= 11 is 9.39. The van der Waals surface area contributed by atoms with Crippen molar-refractivity contribution < 1.29 is 4.42 Å². The third-order valence-corrected chi connectivity index (χ3v) is 3.87. The molecule has 2 rings (SSSR count). The molecule has 0 saturated carbocycles. The molecule has 0 aliphatic heterocycles. The van der Waals surface area contributed by atoms with Crippen molar-refractivity contribution in [2.45, 2.75) is 25.1 Å². The van der Waals surface area contributed by atoms with Crippen molar-refractivity contribution in [3.8, 4) is 0 Å². The van der Waals surface area contributed by atoms with E-state index in [-0.39, 0.29) is 4.83 Å². The molecule has 2 aromatic rings. The average molecular weight is 314 g/mol. The third kappa shape index (κ3) is 3.14. The van der Waals surface area contributed by atoms with Crippen LogP contribution < -0.4 is 0 Å². The van der Waals surface area contributed by atoms with Gasteiger partial charge in [0.1, 0.15) is 5.76 Å². The van der Waals surface area contributed by atoms with Gasteiger partial charge in [-0.25, -0.2) is 0 Å². The van der Waals surface area contributed by atoms with Gasteiger partial charge in [-0.1, -0.05) is 34.1 Å². The molecule has 0 spiro atoms. The molecule has 0 radical (unpaired) electrons. The van der Waals surface area contributed by atoms with Gasteiger partial charge in [0.05, 0.1) is 4.83 Å². The van der Waals surface area contributed by atoms with Crippen LogP contribution in [0, 0.1) is 13.8 Å². The molecule has 1 nitrogen and oxygen atoms in total. The van der Waals surface area contributed by atoms with E-state index in [2.05, 4.69) is 48.0 Å². The van der Waals surface area contributed by atoms with E-state index in [0.717, 1.165) is 12.2 Å². The zero-order valence-electron chi connectivity index (χ0n) is 9.84. The van der Waals surface area contributed by atoms with Crippen LogP contribution in [0.1, 0.15) is 27.3 Å². The zero-order chi connectivity index (χ0) is 12.4. The Morgan fingerprint density at radius 1 is 1.18 bits per heavy atom. The minimum atomic E-state index is 0.164. The lowest BCUT2D eigenvalue weighted by atomic mass is 10.0. The summed E-state index contributed by atoms with van der Waals surface area (Å²) in [5.74, 6) is 0.869. The molecule has 0 aliphatic carbocycles. The van der Waals surface area contributed by atoms with Gasteiger partial charge in [-0.3, -0.25) is 0 Å². The summed E-state index contributed by atoms with van der Waals surface area (Å²) in [7, 11) is 0. The second-order valence-corrected chi connectivity index (χ2v) is 5.71. The molecule has 1 unspecified atom stereocenters. The van der Waals surface area contributed by atoms with Gasteiger partial charge in [-0.05, 0) is 60.7 Å². The van der Waals surface area contributed by atoms with Crippen molar-refractivity contribution in [1.82, 2.24) is 0 Å². The highest BCUT2D eigenvalue weighted by atomic mass is 79.9. The first-order chi connectivity index (χ1) is 8.06. The molecule has 0 aliphatic rings. The molecule has 1 aromatic carbocycles. The van der Waals surface area contributed by atoms with Crippen molar-refractivity contribution in [1.29, 1.82) is 0 Å². The predicted octanol–water partition coefficient (Wildman–Crippen LogP) is 5.23. The van der Waals surface area contributed by atoms with E-state index < -0.39 is 0 Å². The maximum atomic E-state index is 5.77. The summed E-state index contributed by atoms with van der Waals surface area (Å²) < 4.78 is 5.39. The van der Waals surface area contributed by atoms with E-state index in [4.69, 9.17) is 16.0 Å². The van der Waals surface area contributed by atoms with E-state index in [9.17, 15) is 0 Å². The second-order valence-electron chi connectivity index (χ2n) is 4.23. The minimum Gasteiger partial charge on any atom is -0.449 e. The number of aryl methyl sites for hydroxylation is 2. The monoisotopic (exact) mass is 312 g/mol. The van der Waals surface area contributed by atoms with Crippen LogP contribution >= 0.6 is 27.5 Å². The van der Waals surface area contributed by atoms with Crippen LogP contribution in [0.4, 0.5) is 0 Å². The molecule has 1 heterocycles. The van der Waals surface area contributed by atoms with Gasteiger partial charge in [0.2, 0.25) is 0 Å². The quantitative estimate of drug-likeness (QED) is 0.707. The second kappa shape index (κ2) is 5.28. The number of rotatable bonds is 3. The number of halogens is 2. The highest BCUT2D eigenvalue weighted by Crippen LogP contribution is 2.30. The first kappa shape index (κ1) is 12.7. The predicted molar refractivity (Wildman–Crippen MR) is 75.0 cm³/mol. The SMILES string of the molecule is Cc1ccc(CC(Br)c2ccc(Cl)o2)cc1C. The van der Waals surface area contributed by atoms with E-state index in [0.29, 0.717) is 5.22 Å². The Labute approximate surface area is 115 Å². The van der Waals surface area contributed by atoms with E-state index in [1.54, 1.807) is 6.07 Å². The largest absolute Gasteiger partial charge is 0.449 e. The molecular weight excluding hydrogens is 300 g/mol. The van der Waals surface area contributed by atoms with Crippen LogP contribution in [0.25, 0.3) is 0 Å². The van der Waals surface area contributed by atoms with Gasteiger partial charge in [0, 0.05) is 0 Å². The van der Waals surface area contributed by atoms with Gasteiger partial charge in [0.25, 0.3) is 0 Å². The van der Waals surface area contributed by atoms with E-state index in [1.807, 2.05) is 6.07 Å². The standard InChI is InChI=1S/C14H14BrClO/c1-9-3-4-11(7-10(9)2)8-12(15)13-5-6-14(16)17-13/h3-7,12H,8H2,1-2H3. The Morgan fingerprint density at radius 2 is 1.94 bits per heavy atom. The molecule has 90 valence electrons. The number of hydrogen-bond donors (Lipinski definition) is 0. The number of alkyl halides is 1. The van der Waals surface area contributed by atoms with Crippen molar-refractivity contribution in [2.75, 3.05) is 0 Å². The zero-order valence-corrected chi connectivity index (χ0v) is 12.2. The van der Waals surface area contributed by atoms with Crippen molar-refractivity contribution in [3.05, 3.63) is 58.0 Å². The van der Waals surface area contributed by atoms with Crippen LogP contribution in [0.5, 0.6) is 0 Å². The normalized spacial score (nSPS) is 12.7. The molecule has 1 atom stereocenters. The smallest absolute Gasteiger partial charge is 0.193 e. The summed E-state index contributed by atoms with van der Waals surface area (Å²) in [6.07, 6.45) is 0.894. The summed E-state index contributed by atoms with van der Waals surface area (Å²) in [5.41, 5.74) is 3.93. The number of hydrogen-bond acceptors (Lipinski definition) is 1. The highest BCUT2D eigenvalue weighted by molar-refractivity contribution is 9.09. The summed E-state index contributed by atoms with van der Waals surface area (Å²) in [5, 5.41) is 0.435. The summed E-state index contributed by atoms with van der Waals surface area (Å²) in [4.78, 5) is 0.164. The van der Waals surface area contributed by atoms with Crippen molar-refractivity contribution in [3.63, 3.8) is 0 Å². The fourth-order valence-corrected chi connectivity index (χ4v) is 2.51. The van der Waals surface area contributed by atoms with Gasteiger partial charge in [-0.2, -0.15) is 0 Å². The topological polar surface area (TPSA) is 13.1 Å². The van der Waals surface area contributed by atoms with E-state index >= 15 is 0 Å². The molecule has 17 heavy (non-hydrogen) atoms. The van der Waals surface area contributed by atoms with Crippen LogP contribution in [-0.2, 0) is 6.42 Å². The van der Waals surface area contributed by atoms with Crippen LogP contribution in [-0.4, -0.2) is 0 Å². The van der Waals surface area contributed by atoms with Crippen molar-refractivity contribution in [2.24, 2.45) is 0 Å². The maximum absolute atomic E-state index is 5.77. The molecule has 0 bridgehead atoms. The molecule has 0 amide bonds. The van der Waals surface area contributed by atoms with Gasteiger partial charge in [-0.15, -0.1) is 0 Å². The lowest BCUT2D eigenvalue weighted by molar-refractivity contribution is 0.509. The molecule has 0 saturated heterocycles. The summed E-state index contributed by atoms with van der Waals surface area (Å²) in [6, 6.07) is 10.2. The molecule has 0 N–H and O–H groups in total. The van der Waals surface area contributed by atoms with Crippen LogP contribution in [0.15, 0.2) is 34.7 Å². The third-order valence-electron chi connectivity index (χ3n) is 2.89. The van der Waals surface area contributed by atoms with Gasteiger partial charge < -0.3 is 4.42 Å². The Bertz CT molecular complexity index is 519. The minimum absolute atomic E-state index is 0.164. The lowest BCUT2D eigenvalue weighted by Gasteiger charge is -2.09. The Kier molecular flexibility index (Phi) is 3.95. The first-order valence-corrected chi connectivity index (χ1v) is 6.81. The molecule has 1 aromatic heterocycles. The highest BCUT2D eigenvalue weighted by Gasteiger charge is 2.12. The Balaban J connectivity index is 2.12. The molecular formula is C14H14BrClO. The fraction of sp³-hybridized carbons (Fsp3) is 0.286. The fourth-order valence-electron chi connectivity index (χ4n) is 1.73. The van der Waals surface area contributed by atoms with Gasteiger partial charge >= 0.3 is 0 Å². The van der Waals surface area contributed by atoms with Crippen LogP contribution in [0.3, 0.4) is 0 Å². The average Bonchev–Trinajstić information content (AvgIpc) is 2.70. The molecule has 3 heteroatoms. The van der Waals surface area contributed by atoms with Crippen LogP contribution in [0.2, 0.25) is 5.22 Å². The lowest BCUT2D eigenvalue weighted by Crippen LogP contribution is -1.95. The van der Waals surface area contributed by atoms with E-state index in [1.165, 1.54) is 16.7 Å². The number of furan rings is 1. The summed E-state index contributed by atoms with van der Waals surface area (Å²) in [6.45, 7) is 4.25. The molecule has 0 fully saturated rings. The Morgan fingerprint density at radius 3 is 2.53 bits per heavy atom. The van der Waals surface area contributed by atoms with Gasteiger partial charge in [0.15, 0.2) is 5.22 Å². The first-order valence-electron chi connectivity index (χ1n) is 5.51.